The zero-order valence-electron chi connectivity index (χ0n) is 3.51. The normalized spacial score (nSPS) is 9.50. The first kappa shape index (κ1) is 5.21. The van der Waals surface area contributed by atoms with Crippen LogP contribution >= 0.6 is 0 Å². The van der Waals surface area contributed by atoms with E-state index in [-0.39, 0.29) is 0 Å². The Kier molecular flexibility index (Phi) is 2.13. The highest BCUT2D eigenvalue weighted by Gasteiger charge is 1.76. The summed E-state index contributed by atoms with van der Waals surface area (Å²) in [6.07, 6.45) is 2.56. The molecule has 0 saturated carbocycles. The van der Waals surface area contributed by atoms with Crippen molar-refractivity contribution >= 4 is 5.97 Å². The van der Waals surface area contributed by atoms with E-state index in [1.807, 2.05) is 0 Å². The van der Waals surface area contributed by atoms with E-state index >= 15 is 0 Å². The van der Waals surface area contributed by atoms with Crippen LogP contribution in [-0.4, -0.2) is 11.1 Å². The summed E-state index contributed by atoms with van der Waals surface area (Å²) in [5.74, 6) is -0.891. The summed E-state index contributed by atoms with van der Waals surface area (Å²) in [4.78, 5) is 9.51. The number of carboxylic acids is 1. The van der Waals surface area contributed by atoms with Gasteiger partial charge in [-0.1, -0.05) is 6.08 Å². The highest BCUT2D eigenvalue weighted by molar-refractivity contribution is 5.79. The maximum atomic E-state index is 9.51. The second-order valence-corrected chi connectivity index (χ2v) is 0.838. The van der Waals surface area contributed by atoms with E-state index in [1.54, 1.807) is 6.92 Å². The monoisotopic (exact) mass is 88.0 g/mol. The Balaban J connectivity index is 3.30. The summed E-state index contributed by atoms with van der Waals surface area (Å²) in [5.41, 5.74) is 0. The van der Waals surface area contributed by atoms with Gasteiger partial charge in [0.2, 0.25) is 0 Å². The Hall–Kier alpha value is -0.790. The van der Waals surface area contributed by atoms with Crippen LogP contribution in [0.5, 0.6) is 0 Å². The number of hydrogen-bond acceptors (Lipinski definition) is 1. The van der Waals surface area contributed by atoms with Gasteiger partial charge in [-0.3, -0.25) is 0 Å². The summed E-state index contributed by atoms with van der Waals surface area (Å²) >= 11 is 0. The Morgan fingerprint density at radius 2 is 2.33 bits per heavy atom. The van der Waals surface area contributed by atoms with Gasteiger partial charge >= 0.3 is 5.97 Å². The van der Waals surface area contributed by atoms with Gasteiger partial charge < -0.3 is 5.11 Å². The molecular weight excluding hydrogens is 82.0 g/mol. The van der Waals surface area contributed by atoms with E-state index < -0.39 is 5.97 Å². The third kappa shape index (κ3) is 3.21. The fourth-order valence-corrected chi connectivity index (χ4v) is 0.143. The van der Waals surface area contributed by atoms with Crippen molar-refractivity contribution < 1.29 is 9.90 Å². The van der Waals surface area contributed by atoms with Gasteiger partial charge in [0, 0.05) is 6.08 Å². The molecule has 0 bridgehead atoms. The molecule has 34 valence electrons. The van der Waals surface area contributed by atoms with Crippen LogP contribution in [0.4, 0.5) is 0 Å². The standard InChI is InChI=1S/C4H6O2/c1-2-3-4(5)6/h2-3H,1H3,(H,5,6)/i1+1,2+1. The molecule has 0 saturated heterocycles. The lowest BCUT2D eigenvalue weighted by Gasteiger charge is -1.68. The van der Waals surface area contributed by atoms with Crippen molar-refractivity contribution in [1.82, 2.24) is 0 Å². The van der Waals surface area contributed by atoms with E-state index in [4.69, 9.17) is 5.11 Å². The molecule has 2 heteroatoms. The maximum Gasteiger partial charge on any atom is 0.327 e. The average molecular weight is 88.1 g/mol. The maximum absolute atomic E-state index is 9.51. The van der Waals surface area contributed by atoms with Crippen LogP contribution in [0.15, 0.2) is 12.2 Å². The van der Waals surface area contributed by atoms with E-state index in [0.29, 0.717) is 0 Å². The summed E-state index contributed by atoms with van der Waals surface area (Å²) in [6, 6.07) is 0. The molecule has 0 aromatic rings. The molecule has 0 heterocycles. The molecule has 0 atom stereocenters. The molecule has 0 amide bonds. The van der Waals surface area contributed by atoms with Crippen molar-refractivity contribution in [3.8, 4) is 0 Å². The second kappa shape index (κ2) is 2.45. The van der Waals surface area contributed by atoms with Crippen LogP contribution < -0.4 is 0 Å². The molecule has 0 aliphatic heterocycles. The highest BCUT2D eigenvalue weighted by Crippen LogP contribution is 1.65. The summed E-state index contributed by atoms with van der Waals surface area (Å²) in [7, 11) is 0. The number of carboxylic acid groups (broad SMARTS) is 1. The minimum absolute atomic E-state index is 0.891. The lowest BCUT2D eigenvalue weighted by atomic mass is 10.7. The molecule has 0 aromatic carbocycles. The van der Waals surface area contributed by atoms with E-state index in [1.165, 1.54) is 6.08 Å². The molecule has 0 aliphatic rings. The third-order valence-corrected chi connectivity index (χ3v) is 0.309. The van der Waals surface area contributed by atoms with Gasteiger partial charge in [0.25, 0.3) is 0 Å². The predicted octanol–water partition coefficient (Wildman–Crippen LogP) is 0.647. The van der Waals surface area contributed by atoms with Crippen LogP contribution in [0.2, 0.25) is 0 Å². The zero-order valence-corrected chi connectivity index (χ0v) is 3.51. The number of aliphatic carboxylic acids is 1. The largest absolute Gasteiger partial charge is 0.478 e. The first-order valence-electron chi connectivity index (χ1n) is 1.63. The lowest BCUT2D eigenvalue weighted by Crippen LogP contribution is -1.83. The molecule has 0 aromatic heterocycles. The number of hydrogen-bond donors (Lipinski definition) is 1. The molecule has 0 fully saturated rings. The fraction of sp³-hybridized carbons (Fsp3) is 0.250. The second-order valence-electron chi connectivity index (χ2n) is 0.838. The molecule has 0 radical (unpaired) electrons. The Labute approximate surface area is 36.1 Å². The summed E-state index contributed by atoms with van der Waals surface area (Å²) in [5, 5.41) is 7.83. The van der Waals surface area contributed by atoms with E-state index in [2.05, 4.69) is 0 Å². The number of rotatable bonds is 1. The molecule has 1 N–H and O–H groups in total. The minimum Gasteiger partial charge on any atom is -0.478 e. The van der Waals surface area contributed by atoms with Gasteiger partial charge in [0.05, 0.1) is 0 Å². The van der Waals surface area contributed by atoms with Crippen LogP contribution in [0.3, 0.4) is 0 Å². The zero-order chi connectivity index (χ0) is 4.99. The van der Waals surface area contributed by atoms with Crippen molar-refractivity contribution in [1.29, 1.82) is 0 Å². The minimum atomic E-state index is -0.891. The van der Waals surface area contributed by atoms with Gasteiger partial charge in [-0.05, 0) is 6.92 Å². The molecule has 0 unspecified atom stereocenters. The van der Waals surface area contributed by atoms with Crippen LogP contribution in [-0.2, 0) is 4.79 Å². The molecule has 0 aliphatic carbocycles. The molecule has 0 spiro atoms. The fourth-order valence-electron chi connectivity index (χ4n) is 0.143. The predicted molar refractivity (Wildman–Crippen MR) is 22.4 cm³/mol. The van der Waals surface area contributed by atoms with Crippen molar-refractivity contribution in [2.24, 2.45) is 0 Å². The first-order chi connectivity index (χ1) is 2.77. The van der Waals surface area contributed by atoms with Crippen molar-refractivity contribution in [3.63, 3.8) is 0 Å². The smallest absolute Gasteiger partial charge is 0.327 e. The van der Waals surface area contributed by atoms with Crippen LogP contribution in [0.1, 0.15) is 6.92 Å². The first-order valence-corrected chi connectivity index (χ1v) is 1.63. The van der Waals surface area contributed by atoms with Gasteiger partial charge in [-0.25, -0.2) is 4.79 Å². The van der Waals surface area contributed by atoms with Crippen LogP contribution in [0, 0.1) is 0 Å². The molecule has 0 rings (SSSR count). The van der Waals surface area contributed by atoms with Crippen molar-refractivity contribution in [2.45, 2.75) is 6.92 Å². The molecular formula is C4H6O2. The van der Waals surface area contributed by atoms with E-state index in [9.17, 15) is 4.79 Å². The quantitative estimate of drug-likeness (QED) is 0.377. The highest BCUT2D eigenvalue weighted by atomic mass is 16.4. The molecule has 6 heavy (non-hydrogen) atoms. The lowest BCUT2D eigenvalue weighted by molar-refractivity contribution is -0.131. The number of allylic oxidation sites excluding steroid dienone is 1. The Morgan fingerprint density at radius 1 is 1.83 bits per heavy atom. The third-order valence-electron chi connectivity index (χ3n) is 0.309. The summed E-state index contributed by atoms with van der Waals surface area (Å²) in [6.45, 7) is 1.66. The SMILES string of the molecule is [13CH3][13CH]=CC(=O)O. The Morgan fingerprint density at radius 3 is 2.33 bits per heavy atom. The van der Waals surface area contributed by atoms with Gasteiger partial charge in [-0.2, -0.15) is 0 Å². The Bertz CT molecular complexity index is 73.6. The average Bonchev–Trinajstić information content (AvgIpc) is 1.35. The van der Waals surface area contributed by atoms with Gasteiger partial charge in [-0.15, -0.1) is 0 Å². The topological polar surface area (TPSA) is 37.3 Å². The van der Waals surface area contributed by atoms with Gasteiger partial charge in [0.1, 0.15) is 0 Å². The summed E-state index contributed by atoms with van der Waals surface area (Å²) < 4.78 is 0. The number of carbonyl (C=O) groups is 1. The van der Waals surface area contributed by atoms with Crippen molar-refractivity contribution in [3.05, 3.63) is 12.2 Å². The van der Waals surface area contributed by atoms with Crippen molar-refractivity contribution in [2.75, 3.05) is 0 Å². The van der Waals surface area contributed by atoms with E-state index in [0.717, 1.165) is 6.08 Å². The molecule has 2 nitrogen and oxygen atoms in total. The van der Waals surface area contributed by atoms with Crippen LogP contribution in [0.25, 0.3) is 0 Å². The van der Waals surface area contributed by atoms with Gasteiger partial charge in [0.15, 0.2) is 0 Å².